The van der Waals surface area contributed by atoms with Gasteiger partial charge in [-0.2, -0.15) is 0 Å². The number of nitro groups is 1. The van der Waals surface area contributed by atoms with Gasteiger partial charge in [0, 0.05) is 19.2 Å². The van der Waals surface area contributed by atoms with Crippen LogP contribution in [0.4, 0.5) is 5.69 Å². The van der Waals surface area contributed by atoms with Crippen LogP contribution in [0, 0.1) is 10.1 Å². The Hall–Kier alpha value is -3.88. The van der Waals surface area contributed by atoms with E-state index in [1.165, 1.54) is 19.2 Å². The molecule has 0 aliphatic carbocycles. The van der Waals surface area contributed by atoms with Gasteiger partial charge in [0.05, 0.1) is 27.2 Å². The summed E-state index contributed by atoms with van der Waals surface area (Å²) in [4.78, 5) is 55.7. The number of carbonyl (C=O) groups excluding carboxylic acids is 4. The molecule has 9 nitrogen and oxygen atoms in total. The highest BCUT2D eigenvalue weighted by atomic mass is 16.6. The molecule has 0 aromatic heterocycles. The van der Waals surface area contributed by atoms with Gasteiger partial charge in [0.25, 0.3) is 29.3 Å². The Labute approximate surface area is 146 Å². The second-order valence-electron chi connectivity index (χ2n) is 5.49. The van der Waals surface area contributed by atoms with Crippen molar-refractivity contribution in [1.29, 1.82) is 0 Å². The average molecular weight is 353 g/mol. The van der Waals surface area contributed by atoms with Crippen LogP contribution in [-0.2, 0) is 0 Å². The van der Waals surface area contributed by atoms with E-state index in [0.29, 0.717) is 11.1 Å². The summed E-state index contributed by atoms with van der Waals surface area (Å²) in [6, 6.07) is 10.4. The van der Waals surface area contributed by atoms with Crippen molar-refractivity contribution in [2.45, 2.75) is 0 Å². The molecule has 2 aliphatic heterocycles. The smallest absolute Gasteiger partial charge is 0.270 e. The van der Waals surface area contributed by atoms with Crippen LogP contribution in [0.2, 0.25) is 0 Å². The molecule has 0 saturated carbocycles. The van der Waals surface area contributed by atoms with Crippen molar-refractivity contribution in [3.8, 4) is 0 Å². The zero-order valence-corrected chi connectivity index (χ0v) is 13.4. The Morgan fingerprint density at radius 3 is 1.92 bits per heavy atom. The zero-order valence-electron chi connectivity index (χ0n) is 13.4. The lowest BCUT2D eigenvalue weighted by molar-refractivity contribution is -0.384. The highest BCUT2D eigenvalue weighted by Gasteiger charge is 2.31. The monoisotopic (exact) mass is 353 g/mol. The molecule has 2 aliphatic rings. The maximum atomic E-state index is 11.3. The second-order valence-corrected chi connectivity index (χ2v) is 5.49. The predicted octanol–water partition coefficient (Wildman–Crippen LogP) is 1.39. The van der Waals surface area contributed by atoms with Crippen LogP contribution in [-0.4, -0.2) is 40.5 Å². The molecular weight excluding hydrogens is 342 g/mol. The molecule has 0 radical (unpaired) electrons. The van der Waals surface area contributed by atoms with E-state index in [-0.39, 0.29) is 28.6 Å². The van der Waals surface area contributed by atoms with E-state index >= 15 is 0 Å². The van der Waals surface area contributed by atoms with Crippen molar-refractivity contribution in [3.63, 3.8) is 0 Å². The van der Waals surface area contributed by atoms with Gasteiger partial charge in [-0.1, -0.05) is 12.1 Å². The van der Waals surface area contributed by atoms with Crippen molar-refractivity contribution in [1.82, 2.24) is 10.2 Å². The number of nitro benzene ring substituents is 1. The molecule has 4 rings (SSSR count). The van der Waals surface area contributed by atoms with Crippen LogP contribution in [0.3, 0.4) is 0 Å². The van der Waals surface area contributed by atoms with Crippen molar-refractivity contribution in [3.05, 3.63) is 74.8 Å². The third kappa shape index (κ3) is 2.71. The molecule has 130 valence electrons. The molecule has 0 saturated heterocycles. The average Bonchev–Trinajstić information content (AvgIpc) is 3.04. The summed E-state index contributed by atoms with van der Waals surface area (Å²) in [5.74, 6) is -1.53. The van der Waals surface area contributed by atoms with Crippen LogP contribution < -0.4 is 5.32 Å². The summed E-state index contributed by atoms with van der Waals surface area (Å²) in [7, 11) is 1.49. The van der Waals surface area contributed by atoms with Gasteiger partial charge >= 0.3 is 0 Å². The largest absolute Gasteiger partial charge is 0.288 e. The van der Waals surface area contributed by atoms with Crippen molar-refractivity contribution in [2.75, 3.05) is 7.05 Å². The van der Waals surface area contributed by atoms with Crippen molar-refractivity contribution < 1.29 is 24.1 Å². The molecule has 0 unspecified atom stereocenters. The van der Waals surface area contributed by atoms with E-state index in [9.17, 15) is 29.3 Å². The quantitative estimate of drug-likeness (QED) is 0.469. The summed E-state index contributed by atoms with van der Waals surface area (Å²) in [5, 5.41) is 12.4. The fraction of sp³-hybridized carbons (Fsp3) is 0.0588. The van der Waals surface area contributed by atoms with Crippen molar-refractivity contribution in [2.24, 2.45) is 0 Å². The van der Waals surface area contributed by atoms with Crippen LogP contribution >= 0.6 is 0 Å². The molecule has 9 heteroatoms. The Balaban J connectivity index is 0.000000152. The topological polar surface area (TPSA) is 127 Å². The van der Waals surface area contributed by atoms with E-state index in [4.69, 9.17) is 0 Å². The van der Waals surface area contributed by atoms with Gasteiger partial charge in [-0.3, -0.25) is 39.5 Å². The van der Waals surface area contributed by atoms with Gasteiger partial charge in [0.1, 0.15) is 0 Å². The summed E-state index contributed by atoms with van der Waals surface area (Å²) < 4.78 is 0. The second kappa shape index (κ2) is 6.20. The number of amides is 4. The minimum absolute atomic E-state index is 0.0594. The number of carbonyl (C=O) groups is 4. The third-order valence-electron chi connectivity index (χ3n) is 3.93. The number of rotatable bonds is 1. The first kappa shape index (κ1) is 17.0. The normalized spacial score (nSPS) is 14.4. The Kier molecular flexibility index (Phi) is 4.05. The lowest BCUT2D eigenvalue weighted by Gasteiger charge is -2.02. The van der Waals surface area contributed by atoms with E-state index in [1.54, 1.807) is 24.3 Å². The van der Waals surface area contributed by atoms with E-state index in [1.807, 2.05) is 5.32 Å². The molecule has 26 heavy (non-hydrogen) atoms. The third-order valence-corrected chi connectivity index (χ3v) is 3.93. The SMILES string of the molecule is CN1C(=O)c2ccccc2C1=O.O=C1NC(=O)c2cc([N+](=O)[O-])ccc21. The molecule has 2 heterocycles. The fourth-order valence-corrected chi connectivity index (χ4v) is 2.58. The number of imide groups is 2. The highest BCUT2D eigenvalue weighted by Crippen LogP contribution is 2.21. The number of hydrogen-bond acceptors (Lipinski definition) is 6. The molecular formula is C17H11N3O6. The molecule has 0 atom stereocenters. The Morgan fingerprint density at radius 2 is 1.38 bits per heavy atom. The summed E-state index contributed by atoms with van der Waals surface area (Å²) in [5.41, 5.74) is 1.05. The predicted molar refractivity (Wildman–Crippen MR) is 87.8 cm³/mol. The fourth-order valence-electron chi connectivity index (χ4n) is 2.58. The molecule has 2 aromatic rings. The highest BCUT2D eigenvalue weighted by molar-refractivity contribution is 6.22. The molecule has 0 bridgehead atoms. The minimum Gasteiger partial charge on any atom is -0.288 e. The van der Waals surface area contributed by atoms with E-state index in [2.05, 4.69) is 0 Å². The maximum Gasteiger partial charge on any atom is 0.270 e. The molecule has 1 N–H and O–H groups in total. The lowest BCUT2D eigenvalue weighted by atomic mass is 10.1. The van der Waals surface area contributed by atoms with Gasteiger partial charge in [-0.05, 0) is 18.2 Å². The number of fused-ring (bicyclic) bond motifs is 2. The Bertz CT molecular complexity index is 963. The van der Waals surface area contributed by atoms with Gasteiger partial charge < -0.3 is 0 Å². The number of nitrogens with zero attached hydrogens (tertiary/aromatic N) is 2. The standard InChI is InChI=1S/C9H7NO2.C8H4N2O4/c1-10-8(11)6-4-2-3-5-7(6)9(10)12;11-7-5-2-1-4(10(13)14)3-6(5)8(12)9-7/h2-5H,1H3;1-3H,(H,9,11,12). The molecule has 0 spiro atoms. The summed E-state index contributed by atoms with van der Waals surface area (Å²) >= 11 is 0. The van der Waals surface area contributed by atoms with Crippen LogP contribution in [0.25, 0.3) is 0 Å². The zero-order chi connectivity index (χ0) is 19.0. The lowest BCUT2D eigenvalue weighted by Crippen LogP contribution is -2.24. The number of non-ortho nitro benzene ring substituents is 1. The number of hydrogen-bond donors (Lipinski definition) is 1. The van der Waals surface area contributed by atoms with Crippen LogP contribution in [0.15, 0.2) is 42.5 Å². The van der Waals surface area contributed by atoms with E-state index in [0.717, 1.165) is 11.0 Å². The number of nitrogens with one attached hydrogen (secondary N) is 1. The minimum atomic E-state index is -0.615. The van der Waals surface area contributed by atoms with Crippen LogP contribution in [0.1, 0.15) is 41.4 Å². The van der Waals surface area contributed by atoms with Gasteiger partial charge in [-0.25, -0.2) is 0 Å². The first-order chi connectivity index (χ1) is 12.3. The molecule has 0 fully saturated rings. The van der Waals surface area contributed by atoms with E-state index < -0.39 is 16.7 Å². The first-order valence-electron chi connectivity index (χ1n) is 7.37. The first-order valence-corrected chi connectivity index (χ1v) is 7.37. The van der Waals surface area contributed by atoms with Gasteiger partial charge in [-0.15, -0.1) is 0 Å². The van der Waals surface area contributed by atoms with Gasteiger partial charge in [0.2, 0.25) is 0 Å². The summed E-state index contributed by atoms with van der Waals surface area (Å²) in [6.07, 6.45) is 0. The van der Waals surface area contributed by atoms with Crippen molar-refractivity contribution >= 4 is 29.3 Å². The molecule has 2 aromatic carbocycles. The van der Waals surface area contributed by atoms with Crippen LogP contribution in [0.5, 0.6) is 0 Å². The number of benzene rings is 2. The molecule has 4 amide bonds. The van der Waals surface area contributed by atoms with Gasteiger partial charge in [0.15, 0.2) is 0 Å². The maximum absolute atomic E-state index is 11.3. The Morgan fingerprint density at radius 1 is 0.846 bits per heavy atom. The summed E-state index contributed by atoms with van der Waals surface area (Å²) in [6.45, 7) is 0.